The second kappa shape index (κ2) is 8.74. The molecule has 0 atom stereocenters. The molecule has 0 radical (unpaired) electrons. The quantitative estimate of drug-likeness (QED) is 0.544. The van der Waals surface area contributed by atoms with E-state index in [2.05, 4.69) is 11.8 Å². The number of carbonyl (C=O) groups is 1. The SMILES string of the molecule is CC#Cc1ccc(N(C)C)c(CN(C=O)Cc2ccc(S(C)(=O)=O)cc2)c1. The summed E-state index contributed by atoms with van der Waals surface area (Å²) >= 11 is 0. The van der Waals surface area contributed by atoms with Crippen LogP contribution in [0.2, 0.25) is 0 Å². The Balaban J connectivity index is 2.24. The third-order valence-corrected chi connectivity index (χ3v) is 5.22. The number of sulfone groups is 1. The van der Waals surface area contributed by atoms with Gasteiger partial charge >= 0.3 is 0 Å². The molecule has 0 spiro atoms. The molecule has 0 saturated carbocycles. The van der Waals surface area contributed by atoms with Gasteiger partial charge in [-0.25, -0.2) is 8.42 Å². The van der Waals surface area contributed by atoms with Crippen LogP contribution in [0.15, 0.2) is 47.4 Å². The van der Waals surface area contributed by atoms with Crippen LogP contribution in [0.1, 0.15) is 23.6 Å². The van der Waals surface area contributed by atoms with Gasteiger partial charge in [-0.15, -0.1) is 5.92 Å². The van der Waals surface area contributed by atoms with Crippen molar-refractivity contribution in [3.05, 3.63) is 59.2 Å². The van der Waals surface area contributed by atoms with Gasteiger partial charge in [-0.2, -0.15) is 0 Å². The minimum absolute atomic E-state index is 0.268. The van der Waals surface area contributed by atoms with Crippen molar-refractivity contribution in [2.45, 2.75) is 24.9 Å². The van der Waals surface area contributed by atoms with Crippen molar-refractivity contribution in [3.63, 3.8) is 0 Å². The average Bonchev–Trinajstić information content (AvgIpc) is 2.61. The summed E-state index contributed by atoms with van der Waals surface area (Å²) in [6.07, 6.45) is 1.98. The Kier molecular flexibility index (Phi) is 6.65. The van der Waals surface area contributed by atoms with Gasteiger partial charge in [0.05, 0.1) is 4.90 Å². The lowest BCUT2D eigenvalue weighted by atomic mass is 10.1. The monoisotopic (exact) mass is 384 g/mol. The highest BCUT2D eigenvalue weighted by molar-refractivity contribution is 7.90. The van der Waals surface area contributed by atoms with E-state index in [1.165, 1.54) is 6.26 Å². The molecule has 142 valence electrons. The van der Waals surface area contributed by atoms with Crippen LogP contribution in [0.25, 0.3) is 0 Å². The lowest BCUT2D eigenvalue weighted by molar-refractivity contribution is -0.119. The molecule has 2 aromatic rings. The molecule has 6 heteroatoms. The van der Waals surface area contributed by atoms with Gasteiger partial charge in [0.2, 0.25) is 6.41 Å². The first-order chi connectivity index (χ1) is 12.7. The third-order valence-electron chi connectivity index (χ3n) is 4.09. The van der Waals surface area contributed by atoms with E-state index < -0.39 is 9.84 Å². The maximum absolute atomic E-state index is 11.6. The number of nitrogens with zero attached hydrogens (tertiary/aromatic N) is 2. The van der Waals surface area contributed by atoms with Crippen LogP contribution in [0.5, 0.6) is 0 Å². The Labute approximate surface area is 161 Å². The molecule has 5 nitrogen and oxygen atoms in total. The van der Waals surface area contributed by atoms with Crippen LogP contribution >= 0.6 is 0 Å². The zero-order valence-electron chi connectivity index (χ0n) is 16.1. The van der Waals surface area contributed by atoms with E-state index in [-0.39, 0.29) is 4.90 Å². The van der Waals surface area contributed by atoms with E-state index >= 15 is 0 Å². The number of hydrogen-bond donors (Lipinski definition) is 0. The minimum atomic E-state index is -3.23. The Morgan fingerprint density at radius 3 is 2.22 bits per heavy atom. The van der Waals surface area contributed by atoms with E-state index in [4.69, 9.17) is 0 Å². The van der Waals surface area contributed by atoms with Crippen LogP contribution in [-0.2, 0) is 27.7 Å². The standard InChI is InChI=1S/C21H24N2O3S/c1-5-6-17-9-12-21(22(2)3)19(13-17)15-23(16-24)14-18-7-10-20(11-8-18)27(4,25)26/h7-13,16H,14-15H2,1-4H3. The van der Waals surface area contributed by atoms with E-state index in [1.54, 1.807) is 36.1 Å². The van der Waals surface area contributed by atoms with Crippen molar-refractivity contribution in [2.75, 3.05) is 25.3 Å². The molecule has 0 aliphatic heterocycles. The molecule has 0 aliphatic carbocycles. The molecule has 0 bridgehead atoms. The first kappa shape index (κ1) is 20.5. The molecule has 0 heterocycles. The molecule has 0 aliphatic rings. The van der Waals surface area contributed by atoms with Gasteiger partial charge < -0.3 is 9.80 Å². The van der Waals surface area contributed by atoms with Crippen LogP contribution in [-0.4, -0.2) is 40.1 Å². The van der Waals surface area contributed by atoms with Gasteiger partial charge in [0, 0.05) is 44.7 Å². The number of anilines is 1. The van der Waals surface area contributed by atoms with Crippen molar-refractivity contribution < 1.29 is 13.2 Å². The van der Waals surface area contributed by atoms with E-state index in [0.29, 0.717) is 13.1 Å². The second-order valence-electron chi connectivity index (χ2n) is 6.54. The normalized spacial score (nSPS) is 10.7. The van der Waals surface area contributed by atoms with Crippen molar-refractivity contribution >= 4 is 21.9 Å². The van der Waals surface area contributed by atoms with Crippen molar-refractivity contribution in [1.29, 1.82) is 0 Å². The summed E-state index contributed by atoms with van der Waals surface area (Å²) in [5.41, 5.74) is 3.79. The zero-order chi connectivity index (χ0) is 20.0. The Hall–Kier alpha value is -2.78. The Morgan fingerprint density at radius 2 is 1.70 bits per heavy atom. The fraction of sp³-hybridized carbons (Fsp3) is 0.286. The Morgan fingerprint density at radius 1 is 1.04 bits per heavy atom. The fourth-order valence-corrected chi connectivity index (χ4v) is 3.43. The number of hydrogen-bond acceptors (Lipinski definition) is 4. The minimum Gasteiger partial charge on any atom is -0.377 e. The number of amides is 1. The molecule has 2 aromatic carbocycles. The molecule has 0 saturated heterocycles. The lowest BCUT2D eigenvalue weighted by Crippen LogP contribution is -2.23. The summed E-state index contributed by atoms with van der Waals surface area (Å²) in [5, 5.41) is 0. The van der Waals surface area contributed by atoms with Gasteiger partial charge in [-0.05, 0) is 48.4 Å². The first-order valence-electron chi connectivity index (χ1n) is 8.46. The molecule has 2 rings (SSSR count). The third kappa shape index (κ3) is 5.60. The molecule has 0 fully saturated rings. The highest BCUT2D eigenvalue weighted by atomic mass is 32.2. The van der Waals surface area contributed by atoms with Crippen molar-refractivity contribution in [1.82, 2.24) is 4.90 Å². The first-order valence-corrected chi connectivity index (χ1v) is 10.3. The highest BCUT2D eigenvalue weighted by Crippen LogP contribution is 2.22. The molecule has 27 heavy (non-hydrogen) atoms. The number of rotatable bonds is 7. The number of carbonyl (C=O) groups excluding carboxylic acids is 1. The summed E-state index contributed by atoms with van der Waals surface area (Å²) in [7, 11) is 0.686. The fourth-order valence-electron chi connectivity index (χ4n) is 2.80. The van der Waals surface area contributed by atoms with Gasteiger partial charge in [-0.1, -0.05) is 18.1 Å². The molecule has 0 aromatic heterocycles. The maximum atomic E-state index is 11.6. The van der Waals surface area contributed by atoms with Crippen LogP contribution in [0.4, 0.5) is 5.69 Å². The summed E-state index contributed by atoms with van der Waals surface area (Å²) < 4.78 is 23.1. The van der Waals surface area contributed by atoms with Gasteiger partial charge in [0.25, 0.3) is 0 Å². The van der Waals surface area contributed by atoms with Gasteiger partial charge in [0.15, 0.2) is 9.84 Å². The van der Waals surface area contributed by atoms with Crippen molar-refractivity contribution in [3.8, 4) is 11.8 Å². The summed E-state index contributed by atoms with van der Waals surface area (Å²) in [5.74, 6) is 5.93. The van der Waals surface area contributed by atoms with Crippen LogP contribution in [0.3, 0.4) is 0 Å². The zero-order valence-corrected chi connectivity index (χ0v) is 16.9. The summed E-state index contributed by atoms with van der Waals surface area (Å²) in [6, 6.07) is 12.6. The van der Waals surface area contributed by atoms with Crippen LogP contribution < -0.4 is 4.90 Å². The van der Waals surface area contributed by atoms with Crippen molar-refractivity contribution in [2.24, 2.45) is 0 Å². The molecule has 0 N–H and O–H groups in total. The largest absolute Gasteiger partial charge is 0.377 e. The predicted molar refractivity (Wildman–Crippen MR) is 108 cm³/mol. The highest BCUT2D eigenvalue weighted by Gasteiger charge is 2.12. The smallest absolute Gasteiger partial charge is 0.210 e. The lowest BCUT2D eigenvalue weighted by Gasteiger charge is -2.23. The van der Waals surface area contributed by atoms with E-state index in [0.717, 1.165) is 28.8 Å². The number of benzene rings is 2. The molecular weight excluding hydrogens is 360 g/mol. The molecular formula is C21H24N2O3S. The molecule has 0 unspecified atom stereocenters. The second-order valence-corrected chi connectivity index (χ2v) is 8.56. The predicted octanol–water partition coefficient (Wildman–Crippen LogP) is 2.69. The average molecular weight is 385 g/mol. The maximum Gasteiger partial charge on any atom is 0.210 e. The summed E-state index contributed by atoms with van der Waals surface area (Å²) in [4.78, 5) is 15.5. The topological polar surface area (TPSA) is 57.7 Å². The van der Waals surface area contributed by atoms with Crippen LogP contribution in [0, 0.1) is 11.8 Å². The van der Waals surface area contributed by atoms with E-state index in [9.17, 15) is 13.2 Å². The summed E-state index contributed by atoms with van der Waals surface area (Å²) in [6.45, 7) is 2.62. The van der Waals surface area contributed by atoms with Gasteiger partial charge in [0.1, 0.15) is 0 Å². The Bertz CT molecular complexity index is 969. The van der Waals surface area contributed by atoms with E-state index in [1.807, 2.05) is 37.2 Å². The van der Waals surface area contributed by atoms with Gasteiger partial charge in [-0.3, -0.25) is 4.79 Å². The molecule has 1 amide bonds.